The molecule has 3 aromatic rings. The summed E-state index contributed by atoms with van der Waals surface area (Å²) in [6.07, 6.45) is 2.50. The van der Waals surface area contributed by atoms with Gasteiger partial charge in [0.15, 0.2) is 11.5 Å². The van der Waals surface area contributed by atoms with E-state index in [-0.39, 0.29) is 24.4 Å². The van der Waals surface area contributed by atoms with Crippen molar-refractivity contribution in [2.24, 2.45) is 0 Å². The molecule has 37 heavy (non-hydrogen) atoms. The largest absolute Gasteiger partial charge is 0.497 e. The van der Waals surface area contributed by atoms with Gasteiger partial charge in [-0.3, -0.25) is 9.59 Å². The van der Waals surface area contributed by atoms with Crippen molar-refractivity contribution in [3.05, 3.63) is 75.5 Å². The number of benzene rings is 2. The fourth-order valence-electron chi connectivity index (χ4n) is 4.25. The van der Waals surface area contributed by atoms with Crippen molar-refractivity contribution in [2.75, 3.05) is 34.4 Å². The summed E-state index contributed by atoms with van der Waals surface area (Å²) < 4.78 is 16.0. The molecule has 1 aromatic heterocycles. The van der Waals surface area contributed by atoms with Crippen LogP contribution in [0.5, 0.6) is 17.2 Å². The van der Waals surface area contributed by atoms with Gasteiger partial charge in [-0.25, -0.2) is 0 Å². The third kappa shape index (κ3) is 6.83. The van der Waals surface area contributed by atoms with Gasteiger partial charge in [0.2, 0.25) is 5.91 Å². The van der Waals surface area contributed by atoms with E-state index in [9.17, 15) is 9.59 Å². The minimum absolute atomic E-state index is 0.0553. The van der Waals surface area contributed by atoms with E-state index in [4.69, 9.17) is 14.2 Å². The molecule has 1 aliphatic rings. The lowest BCUT2D eigenvalue weighted by molar-refractivity contribution is -0.132. The van der Waals surface area contributed by atoms with Crippen molar-refractivity contribution in [3.8, 4) is 17.2 Å². The molecule has 1 saturated carbocycles. The molecule has 1 aliphatic carbocycles. The molecular weight excluding hydrogens is 488 g/mol. The van der Waals surface area contributed by atoms with Crippen LogP contribution in [0.15, 0.2) is 54.6 Å². The number of hydrogen-bond donors (Lipinski definition) is 0. The first-order valence-corrected chi connectivity index (χ1v) is 13.2. The van der Waals surface area contributed by atoms with E-state index >= 15 is 0 Å². The molecular formula is C29H34N2O5S. The molecule has 7 nitrogen and oxygen atoms in total. The fourth-order valence-corrected chi connectivity index (χ4v) is 5.15. The predicted molar refractivity (Wildman–Crippen MR) is 145 cm³/mol. The average molecular weight is 523 g/mol. The second-order valence-corrected chi connectivity index (χ2v) is 10.5. The molecule has 0 unspecified atom stereocenters. The van der Waals surface area contributed by atoms with Gasteiger partial charge >= 0.3 is 0 Å². The highest BCUT2D eigenvalue weighted by Crippen LogP contribution is 2.30. The Bertz CT molecular complexity index is 1220. The zero-order valence-corrected chi connectivity index (χ0v) is 22.7. The summed E-state index contributed by atoms with van der Waals surface area (Å²) >= 11 is 1.69. The highest BCUT2D eigenvalue weighted by atomic mass is 32.1. The molecule has 0 spiro atoms. The van der Waals surface area contributed by atoms with Gasteiger partial charge in [0, 0.05) is 27.9 Å². The molecule has 4 rings (SSSR count). The van der Waals surface area contributed by atoms with Gasteiger partial charge in [0.25, 0.3) is 5.91 Å². The van der Waals surface area contributed by atoms with E-state index in [2.05, 4.69) is 19.1 Å². The Labute approximate surface area is 222 Å². The summed E-state index contributed by atoms with van der Waals surface area (Å²) in [5.41, 5.74) is 1.61. The van der Waals surface area contributed by atoms with Crippen LogP contribution < -0.4 is 14.2 Å². The van der Waals surface area contributed by atoms with Crippen molar-refractivity contribution in [1.82, 2.24) is 9.80 Å². The number of carbonyl (C=O) groups is 2. The van der Waals surface area contributed by atoms with Gasteiger partial charge in [-0.1, -0.05) is 6.07 Å². The number of aryl methyl sites for hydroxylation is 1. The number of carbonyl (C=O) groups excluding carboxylic acids is 2. The lowest BCUT2D eigenvalue weighted by Crippen LogP contribution is -2.44. The minimum atomic E-state index is -0.120. The standard InChI is InChI=1S/C29H34N2O5S/c1-20-5-13-25(37-20)18-30(16-15-21-6-14-26(35-3)27(17-21)36-4)28(32)19-31(23-9-10-23)29(33)22-7-11-24(34-2)12-8-22/h5-8,11-14,17,23H,9-10,15-16,18-19H2,1-4H3. The minimum Gasteiger partial charge on any atom is -0.497 e. The maximum atomic E-state index is 13.7. The zero-order valence-electron chi connectivity index (χ0n) is 21.9. The SMILES string of the molecule is COc1ccc(C(=O)N(CC(=O)N(CCc2ccc(OC)c(OC)c2)Cc2ccc(C)s2)C2CC2)cc1. The number of hydrogen-bond acceptors (Lipinski definition) is 6. The summed E-state index contributed by atoms with van der Waals surface area (Å²) in [7, 11) is 4.82. The van der Waals surface area contributed by atoms with Crippen molar-refractivity contribution >= 4 is 23.2 Å². The Balaban J connectivity index is 1.50. The van der Waals surface area contributed by atoms with Gasteiger partial charge in [0.1, 0.15) is 12.3 Å². The molecule has 1 fully saturated rings. The van der Waals surface area contributed by atoms with Crippen LogP contribution in [0.1, 0.15) is 38.5 Å². The van der Waals surface area contributed by atoms with Crippen molar-refractivity contribution in [2.45, 2.75) is 38.8 Å². The number of rotatable bonds is 12. The zero-order chi connectivity index (χ0) is 26.4. The lowest BCUT2D eigenvalue weighted by atomic mass is 10.1. The Hall–Kier alpha value is -3.52. The van der Waals surface area contributed by atoms with Crippen LogP contribution in [0.2, 0.25) is 0 Å². The van der Waals surface area contributed by atoms with E-state index in [1.54, 1.807) is 61.8 Å². The summed E-state index contributed by atoms with van der Waals surface area (Å²) in [4.78, 5) is 32.9. The molecule has 0 radical (unpaired) electrons. The van der Waals surface area contributed by atoms with E-state index in [0.29, 0.717) is 42.3 Å². The summed E-state index contributed by atoms with van der Waals surface area (Å²) in [6.45, 7) is 3.17. The van der Waals surface area contributed by atoms with Crippen molar-refractivity contribution < 1.29 is 23.8 Å². The second kappa shape index (κ2) is 12.1. The molecule has 2 amide bonds. The molecule has 0 N–H and O–H groups in total. The van der Waals surface area contributed by atoms with Crippen molar-refractivity contribution in [3.63, 3.8) is 0 Å². The van der Waals surface area contributed by atoms with Crippen molar-refractivity contribution in [1.29, 1.82) is 0 Å². The summed E-state index contributed by atoms with van der Waals surface area (Å²) in [5, 5.41) is 0. The van der Waals surface area contributed by atoms with Crippen LogP contribution in [0.25, 0.3) is 0 Å². The highest BCUT2D eigenvalue weighted by molar-refractivity contribution is 7.11. The molecule has 0 aliphatic heterocycles. The Morgan fingerprint density at radius 2 is 1.65 bits per heavy atom. The number of methoxy groups -OCH3 is 3. The molecule has 0 atom stereocenters. The Morgan fingerprint density at radius 3 is 2.24 bits per heavy atom. The maximum absolute atomic E-state index is 13.7. The number of thiophene rings is 1. The first kappa shape index (κ1) is 26.5. The molecule has 8 heteroatoms. The first-order chi connectivity index (χ1) is 17.9. The monoisotopic (exact) mass is 522 g/mol. The molecule has 0 saturated heterocycles. The summed E-state index contributed by atoms with van der Waals surface area (Å²) in [6, 6.07) is 17.1. The molecule has 196 valence electrons. The van der Waals surface area contributed by atoms with Crippen LogP contribution in [0.3, 0.4) is 0 Å². The third-order valence-corrected chi connectivity index (χ3v) is 7.49. The van der Waals surface area contributed by atoms with E-state index < -0.39 is 0 Å². The Kier molecular flexibility index (Phi) is 8.71. The van der Waals surface area contributed by atoms with Gasteiger partial charge in [0.05, 0.1) is 27.9 Å². The van der Waals surface area contributed by atoms with E-state index in [1.807, 2.05) is 23.1 Å². The van der Waals surface area contributed by atoms with Crippen LogP contribution in [0.4, 0.5) is 0 Å². The van der Waals surface area contributed by atoms with Gasteiger partial charge in [-0.2, -0.15) is 0 Å². The van der Waals surface area contributed by atoms with Gasteiger partial charge in [-0.15, -0.1) is 11.3 Å². The predicted octanol–water partition coefficient (Wildman–Crippen LogP) is 4.96. The summed E-state index contributed by atoms with van der Waals surface area (Å²) in [5.74, 6) is 1.85. The smallest absolute Gasteiger partial charge is 0.254 e. The second-order valence-electron chi connectivity index (χ2n) is 9.16. The molecule has 2 aromatic carbocycles. The maximum Gasteiger partial charge on any atom is 0.254 e. The average Bonchev–Trinajstić information content (AvgIpc) is 3.69. The normalized spacial score (nSPS) is 12.6. The quantitative estimate of drug-likeness (QED) is 0.336. The van der Waals surface area contributed by atoms with E-state index in [0.717, 1.165) is 23.3 Å². The first-order valence-electron chi connectivity index (χ1n) is 12.4. The number of ether oxygens (including phenoxy) is 3. The highest BCUT2D eigenvalue weighted by Gasteiger charge is 2.35. The van der Waals surface area contributed by atoms with Crippen LogP contribution in [-0.4, -0.2) is 62.1 Å². The van der Waals surface area contributed by atoms with Crippen LogP contribution in [-0.2, 0) is 17.8 Å². The fraction of sp³-hybridized carbons (Fsp3) is 0.379. The lowest BCUT2D eigenvalue weighted by Gasteiger charge is -2.28. The topological polar surface area (TPSA) is 68.3 Å². The van der Waals surface area contributed by atoms with Gasteiger partial charge in [-0.05, 0) is 80.3 Å². The van der Waals surface area contributed by atoms with Gasteiger partial charge < -0.3 is 24.0 Å². The van der Waals surface area contributed by atoms with Crippen LogP contribution in [0, 0.1) is 6.92 Å². The Morgan fingerprint density at radius 1 is 0.919 bits per heavy atom. The third-order valence-electron chi connectivity index (χ3n) is 6.50. The number of amides is 2. The molecule has 1 heterocycles. The van der Waals surface area contributed by atoms with Crippen LogP contribution >= 0.6 is 11.3 Å². The molecule has 0 bridgehead atoms. The van der Waals surface area contributed by atoms with E-state index in [1.165, 1.54) is 4.88 Å². The number of nitrogens with zero attached hydrogens (tertiary/aromatic N) is 2.